The SMILES string of the molecule is C[C@H](Sc1nnc(Cc2ccccc2)n1C)C(=O)Nc1ccc(F)c(F)c1F. The molecule has 0 aliphatic heterocycles. The fourth-order valence-corrected chi connectivity index (χ4v) is 3.28. The van der Waals surface area contributed by atoms with Gasteiger partial charge in [0.15, 0.2) is 22.6 Å². The molecule has 0 aliphatic rings. The molecule has 2 aromatic carbocycles. The number of nitrogens with one attached hydrogen (secondary N) is 1. The van der Waals surface area contributed by atoms with Gasteiger partial charge in [-0.25, -0.2) is 13.2 Å². The third kappa shape index (κ3) is 4.36. The first-order valence-electron chi connectivity index (χ1n) is 8.40. The molecule has 1 N–H and O–H groups in total. The highest BCUT2D eigenvalue weighted by Gasteiger charge is 2.21. The zero-order chi connectivity index (χ0) is 20.3. The molecule has 146 valence electrons. The summed E-state index contributed by atoms with van der Waals surface area (Å²) in [5, 5.41) is 10.4. The van der Waals surface area contributed by atoms with Gasteiger partial charge >= 0.3 is 0 Å². The Labute approximate surface area is 164 Å². The van der Waals surface area contributed by atoms with E-state index < -0.39 is 34.3 Å². The van der Waals surface area contributed by atoms with Crippen LogP contribution in [0.2, 0.25) is 0 Å². The van der Waals surface area contributed by atoms with E-state index in [1.165, 1.54) is 0 Å². The van der Waals surface area contributed by atoms with Crippen molar-refractivity contribution in [3.63, 3.8) is 0 Å². The van der Waals surface area contributed by atoms with Crippen molar-refractivity contribution in [2.45, 2.75) is 23.8 Å². The number of halogens is 3. The summed E-state index contributed by atoms with van der Waals surface area (Å²) in [6.07, 6.45) is 0.589. The third-order valence-electron chi connectivity index (χ3n) is 4.07. The summed E-state index contributed by atoms with van der Waals surface area (Å²) in [4.78, 5) is 12.3. The van der Waals surface area contributed by atoms with E-state index in [4.69, 9.17) is 0 Å². The lowest BCUT2D eigenvalue weighted by Gasteiger charge is -2.12. The van der Waals surface area contributed by atoms with E-state index in [9.17, 15) is 18.0 Å². The van der Waals surface area contributed by atoms with Crippen LogP contribution in [0.25, 0.3) is 0 Å². The van der Waals surface area contributed by atoms with Crippen LogP contribution in [0.1, 0.15) is 18.3 Å². The summed E-state index contributed by atoms with van der Waals surface area (Å²) < 4.78 is 41.8. The van der Waals surface area contributed by atoms with E-state index >= 15 is 0 Å². The Morgan fingerprint density at radius 2 is 1.82 bits per heavy atom. The van der Waals surface area contributed by atoms with Crippen molar-refractivity contribution in [2.75, 3.05) is 5.32 Å². The molecule has 0 unspecified atom stereocenters. The van der Waals surface area contributed by atoms with Gasteiger partial charge in [0.1, 0.15) is 5.82 Å². The normalized spacial score (nSPS) is 12.0. The van der Waals surface area contributed by atoms with Gasteiger partial charge in [-0.05, 0) is 24.6 Å². The second kappa shape index (κ2) is 8.47. The second-order valence-corrected chi connectivity index (χ2v) is 7.40. The van der Waals surface area contributed by atoms with Crippen LogP contribution in [0, 0.1) is 17.5 Å². The minimum atomic E-state index is -1.63. The van der Waals surface area contributed by atoms with E-state index in [1.54, 1.807) is 18.5 Å². The number of aromatic nitrogens is 3. The van der Waals surface area contributed by atoms with Crippen molar-refractivity contribution in [2.24, 2.45) is 7.05 Å². The number of hydrogen-bond donors (Lipinski definition) is 1. The molecule has 0 spiro atoms. The number of carbonyl (C=O) groups excluding carboxylic acids is 1. The van der Waals surface area contributed by atoms with Gasteiger partial charge in [0.05, 0.1) is 10.9 Å². The van der Waals surface area contributed by atoms with Gasteiger partial charge in [0.25, 0.3) is 0 Å². The zero-order valence-corrected chi connectivity index (χ0v) is 15.9. The van der Waals surface area contributed by atoms with Crippen molar-refractivity contribution in [3.8, 4) is 0 Å². The number of rotatable bonds is 6. The van der Waals surface area contributed by atoms with Crippen molar-refractivity contribution in [3.05, 3.63) is 71.3 Å². The smallest absolute Gasteiger partial charge is 0.237 e. The lowest BCUT2D eigenvalue weighted by atomic mass is 10.1. The number of amides is 1. The van der Waals surface area contributed by atoms with Crippen LogP contribution in [-0.4, -0.2) is 25.9 Å². The second-order valence-electron chi connectivity index (χ2n) is 6.09. The van der Waals surface area contributed by atoms with Gasteiger partial charge in [-0.1, -0.05) is 42.1 Å². The van der Waals surface area contributed by atoms with E-state index in [1.807, 2.05) is 30.3 Å². The van der Waals surface area contributed by atoms with Crippen LogP contribution in [-0.2, 0) is 18.3 Å². The molecule has 5 nitrogen and oxygen atoms in total. The molecule has 3 rings (SSSR count). The average molecular weight is 406 g/mol. The Balaban J connectivity index is 1.67. The molecular weight excluding hydrogens is 389 g/mol. The molecule has 0 bridgehead atoms. The Bertz CT molecular complexity index is 994. The standard InChI is InChI=1S/C19H17F3N4OS/c1-11(18(27)23-14-9-8-13(20)16(21)17(14)22)28-19-25-24-15(26(19)2)10-12-6-4-3-5-7-12/h3-9,11H,10H2,1-2H3,(H,23,27)/t11-/m0/s1. The summed E-state index contributed by atoms with van der Waals surface area (Å²) in [6.45, 7) is 1.60. The van der Waals surface area contributed by atoms with Crippen molar-refractivity contribution >= 4 is 23.4 Å². The fraction of sp³-hybridized carbons (Fsp3) is 0.211. The van der Waals surface area contributed by atoms with Gasteiger partial charge in [-0.2, -0.15) is 0 Å². The minimum Gasteiger partial charge on any atom is -0.323 e. The third-order valence-corrected chi connectivity index (χ3v) is 5.21. The molecular formula is C19H17F3N4OS. The average Bonchev–Trinajstić information content (AvgIpc) is 3.02. The van der Waals surface area contributed by atoms with Crippen LogP contribution >= 0.6 is 11.8 Å². The maximum Gasteiger partial charge on any atom is 0.237 e. The molecule has 0 saturated carbocycles. The first kappa shape index (κ1) is 19.9. The number of nitrogens with zero attached hydrogens (tertiary/aromatic N) is 3. The molecule has 0 saturated heterocycles. The van der Waals surface area contributed by atoms with Crippen LogP contribution in [0.4, 0.5) is 18.9 Å². The van der Waals surface area contributed by atoms with Gasteiger partial charge in [0, 0.05) is 13.5 Å². The van der Waals surface area contributed by atoms with Crippen LogP contribution in [0.15, 0.2) is 47.6 Å². The number of thioether (sulfide) groups is 1. The number of anilines is 1. The highest BCUT2D eigenvalue weighted by Crippen LogP contribution is 2.25. The van der Waals surface area contributed by atoms with E-state index in [2.05, 4.69) is 15.5 Å². The lowest BCUT2D eigenvalue weighted by molar-refractivity contribution is -0.115. The first-order chi connectivity index (χ1) is 13.4. The predicted molar refractivity (Wildman–Crippen MR) is 101 cm³/mol. The quantitative estimate of drug-likeness (QED) is 0.498. The molecule has 0 fully saturated rings. The molecule has 3 aromatic rings. The molecule has 28 heavy (non-hydrogen) atoms. The molecule has 0 aliphatic carbocycles. The molecule has 1 heterocycles. The Kier molecular flexibility index (Phi) is 6.03. The topological polar surface area (TPSA) is 59.8 Å². The Morgan fingerprint density at radius 3 is 2.54 bits per heavy atom. The number of hydrogen-bond acceptors (Lipinski definition) is 4. The van der Waals surface area contributed by atoms with Crippen LogP contribution in [0.5, 0.6) is 0 Å². The number of carbonyl (C=O) groups is 1. The highest BCUT2D eigenvalue weighted by atomic mass is 32.2. The zero-order valence-electron chi connectivity index (χ0n) is 15.1. The van der Waals surface area contributed by atoms with E-state index in [0.29, 0.717) is 11.6 Å². The Hall–Kier alpha value is -2.81. The van der Waals surface area contributed by atoms with Crippen molar-refractivity contribution in [1.29, 1.82) is 0 Å². The first-order valence-corrected chi connectivity index (χ1v) is 9.28. The minimum absolute atomic E-state index is 0.418. The summed E-state index contributed by atoms with van der Waals surface area (Å²) in [7, 11) is 1.79. The summed E-state index contributed by atoms with van der Waals surface area (Å²) in [5.41, 5.74) is 0.660. The van der Waals surface area contributed by atoms with E-state index in [0.717, 1.165) is 35.3 Å². The van der Waals surface area contributed by atoms with Gasteiger partial charge in [-0.3, -0.25) is 4.79 Å². The van der Waals surface area contributed by atoms with E-state index in [-0.39, 0.29) is 0 Å². The molecule has 1 amide bonds. The molecule has 0 radical (unpaired) electrons. The van der Waals surface area contributed by atoms with Gasteiger partial charge < -0.3 is 9.88 Å². The van der Waals surface area contributed by atoms with Gasteiger partial charge in [0.2, 0.25) is 5.91 Å². The highest BCUT2D eigenvalue weighted by molar-refractivity contribution is 8.00. The molecule has 1 atom stereocenters. The largest absolute Gasteiger partial charge is 0.323 e. The fourth-order valence-electron chi connectivity index (χ4n) is 2.45. The monoisotopic (exact) mass is 406 g/mol. The van der Waals surface area contributed by atoms with Crippen molar-refractivity contribution < 1.29 is 18.0 Å². The number of benzene rings is 2. The van der Waals surface area contributed by atoms with Crippen LogP contribution < -0.4 is 5.32 Å². The summed E-state index contributed by atoms with van der Waals surface area (Å²) in [5.74, 6) is -4.22. The predicted octanol–water partition coefficient (Wildman–Crippen LogP) is 3.94. The maximum atomic E-state index is 13.7. The van der Waals surface area contributed by atoms with Crippen LogP contribution in [0.3, 0.4) is 0 Å². The van der Waals surface area contributed by atoms with Crippen molar-refractivity contribution in [1.82, 2.24) is 14.8 Å². The maximum absolute atomic E-state index is 13.7. The Morgan fingerprint density at radius 1 is 1.11 bits per heavy atom. The molecule has 1 aromatic heterocycles. The summed E-state index contributed by atoms with van der Waals surface area (Å²) in [6, 6.07) is 11.5. The van der Waals surface area contributed by atoms with Gasteiger partial charge in [-0.15, -0.1) is 10.2 Å². The lowest BCUT2D eigenvalue weighted by Crippen LogP contribution is -2.23. The summed E-state index contributed by atoms with van der Waals surface area (Å²) >= 11 is 1.13. The molecule has 9 heteroatoms.